The van der Waals surface area contributed by atoms with Crippen LogP contribution in [0.4, 0.5) is 0 Å². The molecule has 1 heterocycles. The number of carboxylic acids is 1. The van der Waals surface area contributed by atoms with Gasteiger partial charge in [0.25, 0.3) is 0 Å². The molecule has 152 valence electrons. The summed E-state index contributed by atoms with van der Waals surface area (Å²) in [5.74, 6) is 1.19. The average Bonchev–Trinajstić information content (AvgIpc) is 2.89. The second kappa shape index (κ2) is 8.93. The molecule has 0 spiro atoms. The van der Waals surface area contributed by atoms with Crippen LogP contribution in [0.3, 0.4) is 0 Å². The van der Waals surface area contributed by atoms with Gasteiger partial charge in [0.15, 0.2) is 0 Å². The Balaban J connectivity index is 1.74. The fourth-order valence-electron chi connectivity index (χ4n) is 4.27. The molecule has 0 unspecified atom stereocenters. The highest BCUT2D eigenvalue weighted by Crippen LogP contribution is 2.27. The van der Waals surface area contributed by atoms with Crippen LogP contribution in [0.5, 0.6) is 0 Å². The van der Waals surface area contributed by atoms with Gasteiger partial charge >= 0.3 is 5.97 Å². The maximum absolute atomic E-state index is 11.5. The summed E-state index contributed by atoms with van der Waals surface area (Å²) in [6, 6.07) is 6.35. The predicted molar refractivity (Wildman–Crippen MR) is 113 cm³/mol. The monoisotopic (exact) mass is 382 g/mol. The van der Waals surface area contributed by atoms with E-state index in [1.54, 1.807) is 13.8 Å². The molecule has 0 saturated heterocycles. The highest BCUT2D eigenvalue weighted by atomic mass is 16.4. The summed E-state index contributed by atoms with van der Waals surface area (Å²) in [5, 5.41) is 9.43. The number of carboxylic acid groups (broad SMARTS) is 1. The summed E-state index contributed by atoms with van der Waals surface area (Å²) in [4.78, 5) is 16.1. The minimum atomic E-state index is -0.758. The Morgan fingerprint density at radius 1 is 1.21 bits per heavy atom. The van der Waals surface area contributed by atoms with Crippen molar-refractivity contribution in [3.8, 4) is 0 Å². The van der Waals surface area contributed by atoms with Crippen molar-refractivity contribution in [2.24, 2.45) is 11.3 Å². The van der Waals surface area contributed by atoms with E-state index in [0.29, 0.717) is 6.42 Å². The zero-order valence-electron chi connectivity index (χ0n) is 17.6. The van der Waals surface area contributed by atoms with Crippen LogP contribution in [0.25, 0.3) is 0 Å². The smallest absolute Gasteiger partial charge is 0.309 e. The molecule has 1 aromatic heterocycles. The number of aliphatic carboxylic acids is 1. The largest absolute Gasteiger partial charge is 0.481 e. The standard InChI is InChI=1S/C24H34N2O2/c1-18-10-11-20(16-24(2,3)23(27)28)14-21(18)17-26-13-12-25-22(26)15-19-8-6-4-5-7-9-19/h10-14,19H,4-9,15-17H2,1-3H3,(H,27,28). The molecule has 1 fully saturated rings. The molecule has 0 aliphatic heterocycles. The van der Waals surface area contributed by atoms with Crippen molar-refractivity contribution in [1.29, 1.82) is 0 Å². The fraction of sp³-hybridized carbons (Fsp3) is 0.583. The first-order chi connectivity index (χ1) is 13.3. The van der Waals surface area contributed by atoms with Gasteiger partial charge in [0.05, 0.1) is 5.41 Å². The molecule has 0 amide bonds. The van der Waals surface area contributed by atoms with Crippen LogP contribution in [0, 0.1) is 18.3 Å². The van der Waals surface area contributed by atoms with E-state index >= 15 is 0 Å². The van der Waals surface area contributed by atoms with Gasteiger partial charge < -0.3 is 9.67 Å². The lowest BCUT2D eigenvalue weighted by Gasteiger charge is -2.20. The fourth-order valence-corrected chi connectivity index (χ4v) is 4.27. The minimum absolute atomic E-state index is 0.536. The van der Waals surface area contributed by atoms with Gasteiger partial charge in [0.2, 0.25) is 0 Å². The van der Waals surface area contributed by atoms with Crippen LogP contribution in [0.1, 0.15) is 74.9 Å². The predicted octanol–water partition coefficient (Wildman–Crippen LogP) is 5.41. The van der Waals surface area contributed by atoms with Crippen LogP contribution < -0.4 is 0 Å². The molecular formula is C24H34N2O2. The number of imidazole rings is 1. The van der Waals surface area contributed by atoms with Crippen molar-refractivity contribution in [3.05, 3.63) is 53.1 Å². The van der Waals surface area contributed by atoms with Gasteiger partial charge in [0.1, 0.15) is 5.82 Å². The van der Waals surface area contributed by atoms with E-state index in [4.69, 9.17) is 0 Å². The Kier molecular flexibility index (Phi) is 6.58. The summed E-state index contributed by atoms with van der Waals surface area (Å²) >= 11 is 0. The SMILES string of the molecule is Cc1ccc(CC(C)(C)C(=O)O)cc1Cn1ccnc1CC1CCCCCC1. The van der Waals surface area contributed by atoms with Crippen molar-refractivity contribution in [2.75, 3.05) is 0 Å². The molecule has 4 heteroatoms. The zero-order valence-corrected chi connectivity index (χ0v) is 17.6. The summed E-state index contributed by atoms with van der Waals surface area (Å²) in [5.41, 5.74) is 2.81. The van der Waals surface area contributed by atoms with Gasteiger partial charge in [-0.3, -0.25) is 4.79 Å². The number of aromatic nitrogens is 2. The molecule has 4 nitrogen and oxygen atoms in total. The third-order valence-corrected chi connectivity index (χ3v) is 6.23. The maximum Gasteiger partial charge on any atom is 0.309 e. The molecule has 2 aromatic rings. The molecule has 1 N–H and O–H groups in total. The van der Waals surface area contributed by atoms with Gasteiger partial charge in [-0.25, -0.2) is 4.98 Å². The highest BCUT2D eigenvalue weighted by molar-refractivity contribution is 5.74. The van der Waals surface area contributed by atoms with Crippen molar-refractivity contribution < 1.29 is 9.90 Å². The van der Waals surface area contributed by atoms with Gasteiger partial charge in [-0.2, -0.15) is 0 Å². The normalized spacial score (nSPS) is 16.1. The topological polar surface area (TPSA) is 55.1 Å². The summed E-state index contributed by atoms with van der Waals surface area (Å²) < 4.78 is 2.28. The molecule has 0 bridgehead atoms. The van der Waals surface area contributed by atoms with Crippen LogP contribution in [0.15, 0.2) is 30.6 Å². The van der Waals surface area contributed by atoms with Gasteiger partial charge in [-0.1, -0.05) is 56.7 Å². The lowest BCUT2D eigenvalue weighted by Crippen LogP contribution is -2.26. The zero-order chi connectivity index (χ0) is 20.1. The summed E-state index contributed by atoms with van der Waals surface area (Å²) in [7, 11) is 0. The Morgan fingerprint density at radius 2 is 1.93 bits per heavy atom. The molecular weight excluding hydrogens is 348 g/mol. The molecule has 0 atom stereocenters. The number of aryl methyl sites for hydroxylation is 1. The second-order valence-corrected chi connectivity index (χ2v) is 9.16. The van der Waals surface area contributed by atoms with E-state index in [2.05, 4.69) is 40.9 Å². The molecule has 28 heavy (non-hydrogen) atoms. The number of carbonyl (C=O) groups is 1. The first-order valence-corrected chi connectivity index (χ1v) is 10.7. The quantitative estimate of drug-likeness (QED) is 0.652. The molecule has 1 aliphatic rings. The van der Waals surface area contributed by atoms with E-state index in [-0.39, 0.29) is 0 Å². The molecule has 1 aromatic carbocycles. The van der Waals surface area contributed by atoms with E-state index in [1.165, 1.54) is 55.5 Å². The number of hydrogen-bond acceptors (Lipinski definition) is 2. The van der Waals surface area contributed by atoms with Crippen molar-refractivity contribution in [1.82, 2.24) is 9.55 Å². The summed E-state index contributed by atoms with van der Waals surface area (Å²) in [6.07, 6.45) is 13.7. The average molecular weight is 383 g/mol. The lowest BCUT2D eigenvalue weighted by atomic mass is 9.85. The molecule has 1 saturated carbocycles. The number of rotatable bonds is 7. The van der Waals surface area contributed by atoms with E-state index < -0.39 is 11.4 Å². The first kappa shape index (κ1) is 20.6. The van der Waals surface area contributed by atoms with Crippen molar-refractivity contribution in [2.45, 2.75) is 78.7 Å². The lowest BCUT2D eigenvalue weighted by molar-refractivity contribution is -0.146. The molecule has 1 aliphatic carbocycles. The number of benzene rings is 1. The molecule has 3 rings (SSSR count). The van der Waals surface area contributed by atoms with Gasteiger partial charge in [-0.15, -0.1) is 0 Å². The Morgan fingerprint density at radius 3 is 2.61 bits per heavy atom. The van der Waals surface area contributed by atoms with E-state index in [9.17, 15) is 9.90 Å². The van der Waals surface area contributed by atoms with Gasteiger partial charge in [-0.05, 0) is 49.8 Å². The van der Waals surface area contributed by atoms with Crippen LogP contribution in [-0.2, 0) is 24.2 Å². The minimum Gasteiger partial charge on any atom is -0.481 e. The van der Waals surface area contributed by atoms with Crippen LogP contribution >= 0.6 is 0 Å². The Bertz CT molecular complexity index is 799. The number of hydrogen-bond donors (Lipinski definition) is 1. The van der Waals surface area contributed by atoms with E-state index in [1.807, 2.05) is 6.20 Å². The maximum atomic E-state index is 11.5. The first-order valence-electron chi connectivity index (χ1n) is 10.7. The van der Waals surface area contributed by atoms with Crippen LogP contribution in [-0.4, -0.2) is 20.6 Å². The van der Waals surface area contributed by atoms with Gasteiger partial charge in [0, 0.05) is 25.4 Å². The van der Waals surface area contributed by atoms with Crippen LogP contribution in [0.2, 0.25) is 0 Å². The van der Waals surface area contributed by atoms with Crippen molar-refractivity contribution >= 4 is 5.97 Å². The third-order valence-electron chi connectivity index (χ3n) is 6.23. The Labute approximate surface area is 169 Å². The summed E-state index contributed by atoms with van der Waals surface area (Å²) in [6.45, 7) is 6.50. The molecule has 0 radical (unpaired) electrons. The Hall–Kier alpha value is -2.10. The second-order valence-electron chi connectivity index (χ2n) is 9.16. The van der Waals surface area contributed by atoms with Crippen molar-refractivity contribution in [3.63, 3.8) is 0 Å². The highest BCUT2D eigenvalue weighted by Gasteiger charge is 2.27. The van der Waals surface area contributed by atoms with E-state index in [0.717, 1.165) is 24.4 Å². The third kappa shape index (κ3) is 5.24. The number of nitrogens with zero attached hydrogens (tertiary/aromatic N) is 2.